The molecule has 0 N–H and O–H groups in total. The van der Waals surface area contributed by atoms with Gasteiger partial charge in [0.05, 0.1) is 12.2 Å². The molecule has 0 radical (unpaired) electrons. The standard InChI is InChI=1S/C36H67N7O2/c1-14-19-29(15-2)44-42-33(4,5)22-27(23-34(42,6)7)40(12)31-37-26(3)38-32(39-31)41(13)28-24-35(8,9)43(36(10,11)25-28)45-30-20-17-16-18-21-30/h27-30H,14-25H2,1-13H3. The van der Waals surface area contributed by atoms with Crippen LogP contribution in [0.2, 0.25) is 0 Å². The average Bonchev–Trinajstić information content (AvgIpc) is 2.94. The van der Waals surface area contributed by atoms with Crippen LogP contribution in [0, 0.1) is 6.92 Å². The van der Waals surface area contributed by atoms with E-state index in [1.807, 2.05) is 6.92 Å². The highest BCUT2D eigenvalue weighted by molar-refractivity contribution is 5.40. The predicted octanol–water partition coefficient (Wildman–Crippen LogP) is 7.87. The summed E-state index contributed by atoms with van der Waals surface area (Å²) in [5.74, 6) is 2.27. The predicted molar refractivity (Wildman–Crippen MR) is 185 cm³/mol. The van der Waals surface area contributed by atoms with E-state index in [0.717, 1.165) is 62.7 Å². The van der Waals surface area contributed by atoms with Gasteiger partial charge in [0.1, 0.15) is 5.82 Å². The van der Waals surface area contributed by atoms with Crippen molar-refractivity contribution >= 4 is 11.9 Å². The van der Waals surface area contributed by atoms with Gasteiger partial charge in [0.15, 0.2) is 0 Å². The molecule has 0 amide bonds. The first-order chi connectivity index (χ1) is 20.9. The number of hydrogen-bond acceptors (Lipinski definition) is 9. The topological polar surface area (TPSA) is 70.1 Å². The van der Waals surface area contributed by atoms with Crippen LogP contribution in [0.3, 0.4) is 0 Å². The lowest BCUT2D eigenvalue weighted by Gasteiger charge is -2.56. The van der Waals surface area contributed by atoms with Crippen LogP contribution < -0.4 is 9.80 Å². The number of aryl methyl sites for hydroxylation is 1. The van der Waals surface area contributed by atoms with Gasteiger partial charge in [0.2, 0.25) is 11.9 Å². The van der Waals surface area contributed by atoms with Crippen molar-refractivity contribution < 1.29 is 9.68 Å². The third-order valence-electron chi connectivity index (χ3n) is 10.7. The summed E-state index contributed by atoms with van der Waals surface area (Å²) in [4.78, 5) is 33.0. The summed E-state index contributed by atoms with van der Waals surface area (Å²) in [6, 6.07) is 0.563. The summed E-state index contributed by atoms with van der Waals surface area (Å²) >= 11 is 0. The molecule has 2 aliphatic heterocycles. The monoisotopic (exact) mass is 630 g/mol. The molecule has 45 heavy (non-hydrogen) atoms. The summed E-state index contributed by atoms with van der Waals surface area (Å²) < 4.78 is 0. The lowest BCUT2D eigenvalue weighted by Crippen LogP contribution is -2.64. The third-order valence-corrected chi connectivity index (χ3v) is 10.7. The normalized spacial score (nSPS) is 25.3. The van der Waals surface area contributed by atoms with Crippen molar-refractivity contribution in [3.63, 3.8) is 0 Å². The molecule has 0 spiro atoms. The van der Waals surface area contributed by atoms with E-state index in [1.165, 1.54) is 32.1 Å². The number of hydroxylamine groups is 4. The van der Waals surface area contributed by atoms with E-state index in [9.17, 15) is 0 Å². The molecule has 1 aromatic heterocycles. The second-order valence-corrected chi connectivity index (χ2v) is 17.0. The zero-order valence-electron chi connectivity index (χ0n) is 31.2. The number of aromatic nitrogens is 3. The second-order valence-electron chi connectivity index (χ2n) is 17.0. The summed E-state index contributed by atoms with van der Waals surface area (Å²) in [5, 5.41) is 4.64. The maximum atomic E-state index is 6.77. The lowest BCUT2D eigenvalue weighted by atomic mass is 9.78. The molecule has 1 aromatic rings. The number of nitrogens with zero attached hydrogens (tertiary/aromatic N) is 7. The molecule has 4 rings (SSSR count). The first-order valence-corrected chi connectivity index (χ1v) is 18.0. The molecule has 3 heterocycles. The largest absolute Gasteiger partial charge is 0.341 e. The van der Waals surface area contributed by atoms with Gasteiger partial charge in [0.25, 0.3) is 0 Å². The summed E-state index contributed by atoms with van der Waals surface area (Å²) in [7, 11) is 4.32. The molecule has 1 aliphatic carbocycles. The number of hydrogen-bond donors (Lipinski definition) is 0. The van der Waals surface area contributed by atoms with Crippen molar-refractivity contribution in [1.29, 1.82) is 0 Å². The Kier molecular flexibility index (Phi) is 11.2. The van der Waals surface area contributed by atoms with Crippen molar-refractivity contribution in [2.45, 2.75) is 200 Å². The fraction of sp³-hybridized carbons (Fsp3) is 0.917. The summed E-state index contributed by atoms with van der Waals surface area (Å²) in [5.41, 5.74) is -0.482. The Hall–Kier alpha value is -1.55. The van der Waals surface area contributed by atoms with E-state index in [0.29, 0.717) is 6.10 Å². The van der Waals surface area contributed by atoms with E-state index in [-0.39, 0.29) is 40.3 Å². The number of rotatable bonds is 11. The van der Waals surface area contributed by atoms with Crippen LogP contribution >= 0.6 is 0 Å². The second kappa shape index (κ2) is 13.9. The van der Waals surface area contributed by atoms with Gasteiger partial charge in [-0.2, -0.15) is 25.1 Å². The minimum absolute atomic E-state index is 0.110. The SMILES string of the molecule is CCCC(CC)ON1C(C)(C)CC(N(C)c2nc(C)nc(N(C)C3CC(C)(C)N(OC4CCCCC4)C(C)(C)C3)n2)CC1(C)C. The Morgan fingerprint density at radius 1 is 0.711 bits per heavy atom. The molecule has 3 aliphatic rings. The van der Waals surface area contributed by atoms with Crippen LogP contribution in [0.15, 0.2) is 0 Å². The average molecular weight is 630 g/mol. The lowest BCUT2D eigenvalue weighted by molar-refractivity contribution is -0.309. The van der Waals surface area contributed by atoms with E-state index in [1.54, 1.807) is 0 Å². The van der Waals surface area contributed by atoms with Crippen LogP contribution in [-0.4, -0.2) is 85.6 Å². The number of anilines is 2. The fourth-order valence-corrected chi connectivity index (χ4v) is 8.76. The maximum Gasteiger partial charge on any atom is 0.230 e. The highest BCUT2D eigenvalue weighted by Gasteiger charge is 2.50. The van der Waals surface area contributed by atoms with Gasteiger partial charge in [-0.05, 0) is 114 Å². The quantitative estimate of drug-likeness (QED) is 0.243. The zero-order chi connectivity index (χ0) is 33.4. The van der Waals surface area contributed by atoms with Gasteiger partial charge in [-0.25, -0.2) is 0 Å². The molecule has 1 saturated carbocycles. The van der Waals surface area contributed by atoms with Gasteiger partial charge in [-0.15, -0.1) is 0 Å². The Morgan fingerprint density at radius 3 is 1.58 bits per heavy atom. The van der Waals surface area contributed by atoms with Gasteiger partial charge in [-0.1, -0.05) is 39.5 Å². The van der Waals surface area contributed by atoms with Gasteiger partial charge in [-0.3, -0.25) is 9.68 Å². The van der Waals surface area contributed by atoms with Crippen LogP contribution in [-0.2, 0) is 9.68 Å². The molecule has 3 fully saturated rings. The van der Waals surface area contributed by atoms with Crippen molar-refractivity contribution in [1.82, 2.24) is 25.1 Å². The number of piperidine rings is 2. The first-order valence-electron chi connectivity index (χ1n) is 18.0. The highest BCUT2D eigenvalue weighted by Crippen LogP contribution is 2.44. The van der Waals surface area contributed by atoms with Crippen LogP contribution in [0.4, 0.5) is 11.9 Å². The molecule has 9 nitrogen and oxygen atoms in total. The third kappa shape index (κ3) is 8.31. The molecule has 1 atom stereocenters. The molecule has 1 unspecified atom stereocenters. The molecule has 9 heteroatoms. The fourth-order valence-electron chi connectivity index (χ4n) is 8.76. The molecular weight excluding hydrogens is 562 g/mol. The first kappa shape index (κ1) is 36.3. The maximum absolute atomic E-state index is 6.77. The van der Waals surface area contributed by atoms with E-state index < -0.39 is 0 Å². The minimum Gasteiger partial charge on any atom is -0.341 e. The van der Waals surface area contributed by atoms with E-state index in [4.69, 9.17) is 24.6 Å². The summed E-state index contributed by atoms with van der Waals surface area (Å²) in [6.07, 6.45) is 14.0. The van der Waals surface area contributed by atoms with Crippen molar-refractivity contribution in [2.24, 2.45) is 0 Å². The summed E-state index contributed by atoms with van der Waals surface area (Å²) in [6.45, 7) is 25.1. The minimum atomic E-state index is -0.131. The Balaban J connectivity index is 1.51. The van der Waals surface area contributed by atoms with Gasteiger partial charge < -0.3 is 9.80 Å². The molecule has 0 bridgehead atoms. The van der Waals surface area contributed by atoms with Crippen LogP contribution in [0.25, 0.3) is 0 Å². The van der Waals surface area contributed by atoms with Gasteiger partial charge >= 0.3 is 0 Å². The van der Waals surface area contributed by atoms with Crippen molar-refractivity contribution in [3.8, 4) is 0 Å². The van der Waals surface area contributed by atoms with E-state index >= 15 is 0 Å². The highest BCUT2D eigenvalue weighted by atomic mass is 16.7. The van der Waals surface area contributed by atoms with Gasteiger partial charge in [0, 0.05) is 48.3 Å². The molecular formula is C36H67N7O2. The van der Waals surface area contributed by atoms with Crippen molar-refractivity contribution in [2.75, 3.05) is 23.9 Å². The molecule has 0 aromatic carbocycles. The molecule has 258 valence electrons. The van der Waals surface area contributed by atoms with E-state index in [2.05, 4.69) is 103 Å². The van der Waals surface area contributed by atoms with Crippen molar-refractivity contribution in [3.05, 3.63) is 5.82 Å². The zero-order valence-corrected chi connectivity index (χ0v) is 31.2. The Bertz CT molecular complexity index is 1010. The van der Waals surface area contributed by atoms with Crippen LogP contribution in [0.5, 0.6) is 0 Å². The smallest absolute Gasteiger partial charge is 0.230 e. The Morgan fingerprint density at radius 2 is 1.16 bits per heavy atom. The Labute approximate surface area is 275 Å². The van der Waals surface area contributed by atoms with Crippen LogP contribution in [0.1, 0.15) is 152 Å². The molecule has 2 saturated heterocycles.